The highest BCUT2D eigenvalue weighted by molar-refractivity contribution is 9.10. The lowest BCUT2D eigenvalue weighted by Gasteiger charge is -1.98. The summed E-state index contributed by atoms with van der Waals surface area (Å²) in [7, 11) is 0. The Bertz CT molecular complexity index is 735. The van der Waals surface area contributed by atoms with Crippen LogP contribution < -0.4 is 0 Å². The second-order valence-corrected chi connectivity index (χ2v) is 4.14. The molecule has 0 amide bonds. The number of aromatic amines is 1. The lowest BCUT2D eigenvalue weighted by molar-refractivity contribution is 1.05. The summed E-state index contributed by atoms with van der Waals surface area (Å²) in [6, 6.07) is 1.98. The number of hydrogen-bond acceptors (Lipinski definition) is 4. The number of hydrogen-bond donors (Lipinski definition) is 1. The number of nitrogens with zero attached hydrogens (tertiary/aromatic N) is 5. The number of imidazole rings is 1. The number of aromatic nitrogens is 5. The molecule has 1 radical (unpaired) electrons. The Hall–Kier alpha value is -2.20. The van der Waals surface area contributed by atoms with Gasteiger partial charge in [-0.2, -0.15) is 10.4 Å². The van der Waals surface area contributed by atoms with E-state index in [2.05, 4.69) is 42.4 Å². The van der Waals surface area contributed by atoms with Gasteiger partial charge in [-0.15, -0.1) is 0 Å². The maximum Gasteiger partial charge on any atom is 0.182 e. The van der Waals surface area contributed by atoms with Gasteiger partial charge in [0, 0.05) is 18.6 Å². The Morgan fingerprint density at radius 2 is 2.41 bits per heavy atom. The van der Waals surface area contributed by atoms with Crippen molar-refractivity contribution in [2.45, 2.75) is 0 Å². The third-order valence-electron chi connectivity index (χ3n) is 2.27. The highest BCUT2D eigenvalue weighted by atomic mass is 79.9. The highest BCUT2D eigenvalue weighted by Gasteiger charge is 2.13. The van der Waals surface area contributed by atoms with Crippen LogP contribution in [0.25, 0.3) is 16.9 Å². The highest BCUT2D eigenvalue weighted by Crippen LogP contribution is 2.27. The molecule has 0 unspecified atom stereocenters. The molecule has 0 aliphatic carbocycles. The molecule has 3 rings (SSSR count). The maximum atomic E-state index is 8.82. The molecule has 6 nitrogen and oxygen atoms in total. The molecule has 81 valence electrons. The predicted molar refractivity (Wildman–Crippen MR) is 61.8 cm³/mol. The normalized spacial score (nSPS) is 10.6. The van der Waals surface area contributed by atoms with Crippen LogP contribution in [0.5, 0.6) is 0 Å². The van der Waals surface area contributed by atoms with Gasteiger partial charge in [0.2, 0.25) is 0 Å². The van der Waals surface area contributed by atoms with Crippen LogP contribution in [0.2, 0.25) is 0 Å². The molecular formula is C10H4BrN6. The van der Waals surface area contributed by atoms with E-state index in [0.717, 1.165) is 10.0 Å². The van der Waals surface area contributed by atoms with Gasteiger partial charge in [0.15, 0.2) is 17.7 Å². The van der Waals surface area contributed by atoms with Crippen LogP contribution >= 0.6 is 15.9 Å². The minimum absolute atomic E-state index is 0.321. The van der Waals surface area contributed by atoms with Gasteiger partial charge >= 0.3 is 0 Å². The van der Waals surface area contributed by atoms with E-state index in [1.807, 2.05) is 6.07 Å². The molecule has 0 saturated carbocycles. The fourth-order valence-electron chi connectivity index (χ4n) is 1.54. The largest absolute Gasteiger partial charge is 0.284 e. The number of nitrogens with one attached hydrogen (secondary N) is 1. The van der Waals surface area contributed by atoms with E-state index in [1.165, 1.54) is 0 Å². The summed E-state index contributed by atoms with van der Waals surface area (Å²) in [6.45, 7) is 0. The lowest BCUT2D eigenvalue weighted by atomic mass is 10.2. The zero-order valence-corrected chi connectivity index (χ0v) is 9.93. The summed E-state index contributed by atoms with van der Waals surface area (Å²) in [6.07, 6.45) is 7.64. The zero-order valence-electron chi connectivity index (χ0n) is 8.35. The van der Waals surface area contributed by atoms with Crippen molar-refractivity contribution in [1.82, 2.24) is 24.6 Å². The standard InChI is InChI=1S/C10H4BrN6/c11-8-3-14-16-9(8)7-2-13-5-17-4-6(1-12)15-10(7)17/h2-4H,(H,14,16). The Kier molecular flexibility index (Phi) is 2.16. The van der Waals surface area contributed by atoms with Gasteiger partial charge < -0.3 is 0 Å². The van der Waals surface area contributed by atoms with E-state index in [9.17, 15) is 0 Å². The van der Waals surface area contributed by atoms with Crippen molar-refractivity contribution < 1.29 is 0 Å². The second kappa shape index (κ2) is 3.68. The van der Waals surface area contributed by atoms with Crippen LogP contribution in [0.4, 0.5) is 0 Å². The SMILES string of the molecule is N#Cc1cn2[c]ncc(-c3n[nH]cc3Br)c2n1. The summed E-state index contributed by atoms with van der Waals surface area (Å²) in [5.41, 5.74) is 2.36. The minimum Gasteiger partial charge on any atom is -0.284 e. The molecular weight excluding hydrogens is 284 g/mol. The van der Waals surface area contributed by atoms with Gasteiger partial charge in [-0.3, -0.25) is 9.50 Å². The van der Waals surface area contributed by atoms with Crippen LogP contribution in [-0.4, -0.2) is 24.6 Å². The average molecular weight is 288 g/mol. The molecule has 17 heavy (non-hydrogen) atoms. The van der Waals surface area contributed by atoms with E-state index < -0.39 is 0 Å². The van der Waals surface area contributed by atoms with Gasteiger partial charge in [-0.05, 0) is 15.9 Å². The van der Waals surface area contributed by atoms with E-state index >= 15 is 0 Å². The van der Waals surface area contributed by atoms with Crippen molar-refractivity contribution in [3.05, 3.63) is 35.1 Å². The first-order chi connectivity index (χ1) is 8.29. The quantitative estimate of drug-likeness (QED) is 0.736. The molecule has 0 bridgehead atoms. The van der Waals surface area contributed by atoms with Crippen molar-refractivity contribution >= 4 is 21.6 Å². The van der Waals surface area contributed by atoms with Gasteiger partial charge in [-0.25, -0.2) is 9.97 Å². The molecule has 1 N–H and O–H groups in total. The average Bonchev–Trinajstić information content (AvgIpc) is 2.93. The first kappa shape index (κ1) is 9.99. The summed E-state index contributed by atoms with van der Waals surface area (Å²) >= 11 is 3.38. The van der Waals surface area contributed by atoms with Crippen molar-refractivity contribution in [2.24, 2.45) is 0 Å². The van der Waals surface area contributed by atoms with E-state index in [0.29, 0.717) is 17.0 Å². The van der Waals surface area contributed by atoms with Crippen molar-refractivity contribution in [1.29, 1.82) is 5.26 Å². The van der Waals surface area contributed by atoms with Gasteiger partial charge in [0.05, 0.1) is 10.0 Å². The molecule has 3 aromatic heterocycles. The smallest absolute Gasteiger partial charge is 0.182 e. The monoisotopic (exact) mass is 287 g/mol. The molecule has 0 aliphatic heterocycles. The maximum absolute atomic E-state index is 8.82. The minimum atomic E-state index is 0.321. The third kappa shape index (κ3) is 1.50. The first-order valence-electron chi connectivity index (χ1n) is 4.65. The predicted octanol–water partition coefficient (Wildman–Crippen LogP) is 1.55. The van der Waals surface area contributed by atoms with Crippen LogP contribution in [0.3, 0.4) is 0 Å². The second-order valence-electron chi connectivity index (χ2n) is 3.29. The fraction of sp³-hybridized carbons (Fsp3) is 0. The number of fused-ring (bicyclic) bond motifs is 1. The number of nitriles is 1. The molecule has 0 aromatic carbocycles. The molecule has 0 fully saturated rings. The van der Waals surface area contributed by atoms with Crippen molar-refractivity contribution in [3.8, 4) is 17.3 Å². The zero-order chi connectivity index (χ0) is 11.8. The Morgan fingerprint density at radius 1 is 1.53 bits per heavy atom. The molecule has 0 saturated heterocycles. The molecule has 0 atom stereocenters. The first-order valence-corrected chi connectivity index (χ1v) is 5.44. The molecule has 3 aromatic rings. The Morgan fingerprint density at radius 3 is 3.12 bits per heavy atom. The van der Waals surface area contributed by atoms with E-state index in [-0.39, 0.29) is 0 Å². The van der Waals surface area contributed by atoms with Crippen LogP contribution in [0.15, 0.2) is 23.1 Å². The summed E-state index contributed by atoms with van der Waals surface area (Å²) in [5.74, 6) is 0. The fourth-order valence-corrected chi connectivity index (χ4v) is 1.95. The molecule has 0 aliphatic rings. The van der Waals surface area contributed by atoms with E-state index in [1.54, 1.807) is 23.0 Å². The van der Waals surface area contributed by atoms with Crippen LogP contribution in [-0.2, 0) is 0 Å². The Labute approximate surface area is 104 Å². The van der Waals surface area contributed by atoms with Gasteiger partial charge in [0.25, 0.3) is 0 Å². The molecule has 3 heterocycles. The Balaban J connectivity index is 2.34. The van der Waals surface area contributed by atoms with Gasteiger partial charge in [0.1, 0.15) is 11.8 Å². The topological polar surface area (TPSA) is 82.7 Å². The van der Waals surface area contributed by atoms with E-state index in [4.69, 9.17) is 5.26 Å². The van der Waals surface area contributed by atoms with Gasteiger partial charge in [-0.1, -0.05) is 0 Å². The number of H-pyrrole nitrogens is 1. The number of rotatable bonds is 1. The van der Waals surface area contributed by atoms with Crippen LogP contribution in [0.1, 0.15) is 5.69 Å². The summed E-state index contributed by atoms with van der Waals surface area (Å²) in [4.78, 5) is 8.16. The lowest BCUT2D eigenvalue weighted by Crippen LogP contribution is -1.91. The van der Waals surface area contributed by atoms with Crippen molar-refractivity contribution in [2.75, 3.05) is 0 Å². The third-order valence-corrected chi connectivity index (χ3v) is 2.87. The van der Waals surface area contributed by atoms with Crippen molar-refractivity contribution in [3.63, 3.8) is 0 Å². The summed E-state index contributed by atoms with van der Waals surface area (Å²) < 4.78 is 2.39. The van der Waals surface area contributed by atoms with Crippen LogP contribution in [0, 0.1) is 17.7 Å². The number of halogens is 1. The summed E-state index contributed by atoms with van der Waals surface area (Å²) in [5, 5.41) is 15.7. The molecule has 7 heteroatoms. The molecule has 0 spiro atoms.